The fraction of sp³-hybridized carbons (Fsp3) is 0.364. The lowest BCUT2D eigenvalue weighted by molar-refractivity contribution is 0.463. The minimum atomic E-state index is -0.451. The molecule has 1 aromatic rings. The molecular formula is C11H14ClFN2. The van der Waals surface area contributed by atoms with Gasteiger partial charge >= 0.3 is 0 Å². The first-order valence-corrected chi connectivity index (χ1v) is 5.26. The molecule has 0 unspecified atom stereocenters. The third kappa shape index (κ3) is 2.69. The van der Waals surface area contributed by atoms with Gasteiger partial charge in [-0.15, -0.1) is 0 Å². The number of nitrogens with zero attached hydrogens (tertiary/aromatic N) is 1. The molecule has 0 heterocycles. The standard InChI is InChI=1S/C11H14ClFN2/c1-3-15(4-2)11(14)8-5-6-10(13)9(12)7-8/h5-7,14H,3-4H2,1-2H3. The first-order chi connectivity index (χ1) is 7.10. The van der Waals surface area contributed by atoms with Gasteiger partial charge in [0.15, 0.2) is 0 Å². The Kier molecular flexibility index (Phi) is 4.09. The number of rotatable bonds is 3. The molecule has 0 bridgehead atoms. The van der Waals surface area contributed by atoms with E-state index in [0.717, 1.165) is 13.1 Å². The van der Waals surface area contributed by atoms with Crippen LogP contribution in [0.25, 0.3) is 0 Å². The summed E-state index contributed by atoms with van der Waals surface area (Å²) >= 11 is 5.66. The van der Waals surface area contributed by atoms with Crippen molar-refractivity contribution in [1.29, 1.82) is 5.41 Å². The van der Waals surface area contributed by atoms with Crippen LogP contribution in [0.15, 0.2) is 18.2 Å². The average molecular weight is 229 g/mol. The largest absolute Gasteiger partial charge is 0.357 e. The van der Waals surface area contributed by atoms with Gasteiger partial charge in [-0.3, -0.25) is 5.41 Å². The van der Waals surface area contributed by atoms with Crippen LogP contribution in [0.2, 0.25) is 5.02 Å². The molecular weight excluding hydrogens is 215 g/mol. The maximum Gasteiger partial charge on any atom is 0.141 e. The van der Waals surface area contributed by atoms with Crippen molar-refractivity contribution in [2.45, 2.75) is 13.8 Å². The predicted molar refractivity (Wildman–Crippen MR) is 61.2 cm³/mol. The molecule has 82 valence electrons. The molecule has 0 fully saturated rings. The van der Waals surface area contributed by atoms with Crippen LogP contribution in [-0.2, 0) is 0 Å². The molecule has 1 N–H and O–H groups in total. The van der Waals surface area contributed by atoms with E-state index >= 15 is 0 Å². The third-order valence-electron chi connectivity index (χ3n) is 2.27. The van der Waals surface area contributed by atoms with Crippen LogP contribution in [0.4, 0.5) is 4.39 Å². The second-order valence-electron chi connectivity index (χ2n) is 3.15. The van der Waals surface area contributed by atoms with Crippen LogP contribution in [0.1, 0.15) is 19.4 Å². The molecule has 0 spiro atoms. The van der Waals surface area contributed by atoms with Gasteiger partial charge in [0.05, 0.1) is 5.02 Å². The number of halogens is 2. The first kappa shape index (κ1) is 12.0. The van der Waals surface area contributed by atoms with E-state index in [0.29, 0.717) is 11.4 Å². The highest BCUT2D eigenvalue weighted by atomic mass is 35.5. The summed E-state index contributed by atoms with van der Waals surface area (Å²) in [4.78, 5) is 1.88. The highest BCUT2D eigenvalue weighted by Gasteiger charge is 2.10. The van der Waals surface area contributed by atoms with E-state index in [2.05, 4.69) is 0 Å². The quantitative estimate of drug-likeness (QED) is 0.625. The first-order valence-electron chi connectivity index (χ1n) is 4.89. The average Bonchev–Trinajstić information content (AvgIpc) is 2.23. The van der Waals surface area contributed by atoms with Crippen molar-refractivity contribution >= 4 is 17.4 Å². The molecule has 1 aromatic carbocycles. The molecule has 0 radical (unpaired) electrons. The van der Waals surface area contributed by atoms with Gasteiger partial charge in [-0.25, -0.2) is 4.39 Å². The molecule has 0 saturated carbocycles. The van der Waals surface area contributed by atoms with Crippen LogP contribution < -0.4 is 0 Å². The van der Waals surface area contributed by atoms with Gasteiger partial charge in [0.2, 0.25) is 0 Å². The van der Waals surface area contributed by atoms with Crippen molar-refractivity contribution in [2.75, 3.05) is 13.1 Å². The number of amidine groups is 1. The van der Waals surface area contributed by atoms with E-state index in [9.17, 15) is 4.39 Å². The van der Waals surface area contributed by atoms with Crippen LogP contribution >= 0.6 is 11.6 Å². The highest BCUT2D eigenvalue weighted by Crippen LogP contribution is 2.17. The lowest BCUT2D eigenvalue weighted by Gasteiger charge is -2.21. The second kappa shape index (κ2) is 5.12. The molecule has 0 saturated heterocycles. The van der Waals surface area contributed by atoms with Crippen LogP contribution in [0.3, 0.4) is 0 Å². The molecule has 1 rings (SSSR count). The van der Waals surface area contributed by atoms with Crippen LogP contribution in [-0.4, -0.2) is 23.8 Å². The molecule has 0 aliphatic carbocycles. The van der Waals surface area contributed by atoms with Gasteiger partial charge in [0.1, 0.15) is 11.7 Å². The smallest absolute Gasteiger partial charge is 0.141 e. The Labute approximate surface area is 94.2 Å². The summed E-state index contributed by atoms with van der Waals surface area (Å²) in [5, 5.41) is 7.96. The molecule has 2 nitrogen and oxygen atoms in total. The monoisotopic (exact) mass is 228 g/mol. The normalized spacial score (nSPS) is 10.1. The lowest BCUT2D eigenvalue weighted by atomic mass is 10.2. The molecule has 0 amide bonds. The topological polar surface area (TPSA) is 27.1 Å². The second-order valence-corrected chi connectivity index (χ2v) is 3.56. The minimum absolute atomic E-state index is 0.0596. The van der Waals surface area contributed by atoms with E-state index in [1.54, 1.807) is 6.07 Å². The van der Waals surface area contributed by atoms with Crippen molar-refractivity contribution in [3.8, 4) is 0 Å². The zero-order valence-corrected chi connectivity index (χ0v) is 9.61. The van der Waals surface area contributed by atoms with Gasteiger partial charge in [0, 0.05) is 18.7 Å². The zero-order chi connectivity index (χ0) is 11.4. The number of benzene rings is 1. The third-order valence-corrected chi connectivity index (χ3v) is 2.56. The van der Waals surface area contributed by atoms with Crippen molar-refractivity contribution in [2.24, 2.45) is 0 Å². The van der Waals surface area contributed by atoms with Gasteiger partial charge in [-0.2, -0.15) is 0 Å². The summed E-state index contributed by atoms with van der Waals surface area (Å²) in [5.41, 5.74) is 0.644. The van der Waals surface area contributed by atoms with Gasteiger partial charge in [0.25, 0.3) is 0 Å². The molecule has 0 aliphatic rings. The Balaban J connectivity index is 2.96. The summed E-state index contributed by atoms with van der Waals surface area (Å²) in [6, 6.07) is 4.34. The molecule has 0 aromatic heterocycles. The number of nitrogens with one attached hydrogen (secondary N) is 1. The van der Waals surface area contributed by atoms with E-state index in [4.69, 9.17) is 17.0 Å². The van der Waals surface area contributed by atoms with Gasteiger partial charge in [-0.1, -0.05) is 11.6 Å². The van der Waals surface area contributed by atoms with Gasteiger partial charge < -0.3 is 4.90 Å². The summed E-state index contributed by atoms with van der Waals surface area (Å²) in [5.74, 6) is -0.0744. The Bertz CT molecular complexity index is 362. The van der Waals surface area contributed by atoms with Crippen molar-refractivity contribution in [3.63, 3.8) is 0 Å². The summed E-state index contributed by atoms with van der Waals surface area (Å²) in [7, 11) is 0. The molecule has 0 aliphatic heterocycles. The Morgan fingerprint density at radius 2 is 2.00 bits per heavy atom. The SMILES string of the molecule is CCN(CC)C(=N)c1ccc(F)c(Cl)c1. The minimum Gasteiger partial charge on any atom is -0.357 e. The number of hydrogen-bond acceptors (Lipinski definition) is 1. The summed E-state index contributed by atoms with van der Waals surface area (Å²) in [6.45, 7) is 5.46. The van der Waals surface area contributed by atoms with Crippen molar-refractivity contribution in [1.82, 2.24) is 4.90 Å². The maximum absolute atomic E-state index is 12.9. The van der Waals surface area contributed by atoms with Crippen molar-refractivity contribution < 1.29 is 4.39 Å². The molecule has 0 atom stereocenters. The molecule has 4 heteroatoms. The molecule has 15 heavy (non-hydrogen) atoms. The van der Waals surface area contributed by atoms with E-state index in [1.165, 1.54) is 12.1 Å². The van der Waals surface area contributed by atoms with E-state index in [1.807, 2.05) is 18.7 Å². The fourth-order valence-corrected chi connectivity index (χ4v) is 1.55. The Morgan fingerprint density at radius 1 is 1.40 bits per heavy atom. The Morgan fingerprint density at radius 3 is 2.47 bits per heavy atom. The van der Waals surface area contributed by atoms with Gasteiger partial charge in [-0.05, 0) is 32.0 Å². The summed E-state index contributed by atoms with van der Waals surface area (Å²) in [6.07, 6.45) is 0. The van der Waals surface area contributed by atoms with Crippen LogP contribution in [0.5, 0.6) is 0 Å². The van der Waals surface area contributed by atoms with Crippen molar-refractivity contribution in [3.05, 3.63) is 34.6 Å². The predicted octanol–water partition coefficient (Wildman–Crippen LogP) is 3.15. The van der Waals surface area contributed by atoms with Crippen LogP contribution in [0, 0.1) is 11.2 Å². The van der Waals surface area contributed by atoms with E-state index < -0.39 is 5.82 Å². The summed E-state index contributed by atoms with van der Waals surface area (Å²) < 4.78 is 12.9. The zero-order valence-electron chi connectivity index (χ0n) is 8.85. The van der Waals surface area contributed by atoms with E-state index in [-0.39, 0.29) is 5.02 Å². The number of hydrogen-bond donors (Lipinski definition) is 1. The highest BCUT2D eigenvalue weighted by molar-refractivity contribution is 6.31. The Hall–Kier alpha value is -1.09. The lowest BCUT2D eigenvalue weighted by Crippen LogP contribution is -2.30. The maximum atomic E-state index is 12.9. The fourth-order valence-electron chi connectivity index (χ4n) is 1.37.